The van der Waals surface area contributed by atoms with E-state index in [9.17, 15) is 4.39 Å². The van der Waals surface area contributed by atoms with Gasteiger partial charge in [0.1, 0.15) is 5.82 Å². The fraction of sp³-hybridized carbons (Fsp3) is 0.0625. The summed E-state index contributed by atoms with van der Waals surface area (Å²) in [7, 11) is 0. The molecular weight excluding hydrogens is 331 g/mol. The van der Waals surface area contributed by atoms with E-state index in [1.165, 1.54) is 6.07 Å². The summed E-state index contributed by atoms with van der Waals surface area (Å²) in [4.78, 5) is 11.9. The third-order valence-electron chi connectivity index (χ3n) is 3.58. The second kappa shape index (κ2) is 5.93. The molecule has 0 fully saturated rings. The number of imidazole rings is 1. The molecule has 0 saturated heterocycles. The summed E-state index contributed by atoms with van der Waals surface area (Å²) >= 11 is 6.00. The molecule has 4 aromatic rings. The van der Waals surface area contributed by atoms with Crippen molar-refractivity contribution in [2.24, 2.45) is 0 Å². The lowest BCUT2D eigenvalue weighted by atomic mass is 10.2. The van der Waals surface area contributed by atoms with Gasteiger partial charge in [-0.2, -0.15) is 4.98 Å². The maximum Gasteiger partial charge on any atom is 0.242 e. The lowest BCUT2D eigenvalue weighted by molar-refractivity contribution is 0.613. The predicted octanol–water partition coefficient (Wildman–Crippen LogP) is 3.75. The number of nitrogens with one attached hydrogen (secondary N) is 3. The first-order valence-electron chi connectivity index (χ1n) is 7.25. The molecule has 0 radical (unpaired) electrons. The molecule has 8 heteroatoms. The average molecular weight is 343 g/mol. The Hall–Kier alpha value is -2.93. The van der Waals surface area contributed by atoms with Crippen LogP contribution in [0.4, 0.5) is 10.3 Å². The van der Waals surface area contributed by atoms with Crippen LogP contribution in [0.1, 0.15) is 5.56 Å². The second-order valence-corrected chi connectivity index (χ2v) is 5.57. The normalized spacial score (nSPS) is 11.1. The molecule has 4 rings (SSSR count). The molecule has 0 aliphatic heterocycles. The molecule has 0 aliphatic rings. The van der Waals surface area contributed by atoms with Crippen molar-refractivity contribution >= 4 is 28.6 Å². The smallest absolute Gasteiger partial charge is 0.242 e. The van der Waals surface area contributed by atoms with E-state index in [2.05, 4.69) is 30.5 Å². The van der Waals surface area contributed by atoms with Crippen molar-refractivity contribution in [1.29, 1.82) is 0 Å². The Balaban J connectivity index is 1.54. The average Bonchev–Trinajstić information content (AvgIpc) is 3.20. The number of aromatic nitrogens is 5. The molecule has 0 spiro atoms. The monoisotopic (exact) mass is 342 g/mol. The molecule has 0 saturated carbocycles. The number of hydrogen-bond donors (Lipinski definition) is 3. The quantitative estimate of drug-likeness (QED) is 0.527. The molecule has 0 bridgehead atoms. The van der Waals surface area contributed by atoms with Gasteiger partial charge in [-0.15, -0.1) is 5.10 Å². The van der Waals surface area contributed by atoms with Crippen LogP contribution in [0.15, 0.2) is 42.5 Å². The number of benzene rings is 2. The van der Waals surface area contributed by atoms with Crippen LogP contribution >= 0.6 is 11.6 Å². The van der Waals surface area contributed by atoms with Crippen LogP contribution in [0.2, 0.25) is 5.02 Å². The number of rotatable bonds is 4. The zero-order valence-electron chi connectivity index (χ0n) is 12.3. The Morgan fingerprint density at radius 1 is 1.04 bits per heavy atom. The van der Waals surface area contributed by atoms with Crippen molar-refractivity contribution in [3.8, 4) is 11.6 Å². The van der Waals surface area contributed by atoms with Gasteiger partial charge in [0.05, 0.1) is 11.0 Å². The Morgan fingerprint density at radius 2 is 1.92 bits per heavy atom. The van der Waals surface area contributed by atoms with Crippen molar-refractivity contribution in [3.63, 3.8) is 0 Å². The van der Waals surface area contributed by atoms with Gasteiger partial charge >= 0.3 is 0 Å². The van der Waals surface area contributed by atoms with Crippen molar-refractivity contribution in [3.05, 3.63) is 58.9 Å². The van der Waals surface area contributed by atoms with Crippen molar-refractivity contribution in [1.82, 2.24) is 25.1 Å². The van der Waals surface area contributed by atoms with E-state index in [0.29, 0.717) is 28.2 Å². The highest BCUT2D eigenvalue weighted by Crippen LogP contribution is 2.21. The zero-order valence-corrected chi connectivity index (χ0v) is 13.1. The summed E-state index contributed by atoms with van der Waals surface area (Å²) in [6.07, 6.45) is 0. The van der Waals surface area contributed by atoms with Crippen LogP contribution in [0, 0.1) is 5.82 Å². The van der Waals surface area contributed by atoms with Gasteiger partial charge in [0.2, 0.25) is 5.95 Å². The predicted molar refractivity (Wildman–Crippen MR) is 90.2 cm³/mol. The summed E-state index contributed by atoms with van der Waals surface area (Å²) in [5.74, 6) is 1.04. The first-order valence-corrected chi connectivity index (χ1v) is 7.63. The summed E-state index contributed by atoms with van der Waals surface area (Å²) < 4.78 is 13.8. The molecule has 6 nitrogen and oxygen atoms in total. The van der Waals surface area contributed by atoms with Gasteiger partial charge in [-0.3, -0.25) is 5.10 Å². The van der Waals surface area contributed by atoms with Gasteiger partial charge in [-0.1, -0.05) is 29.8 Å². The molecular formula is C16H12ClFN6. The minimum Gasteiger partial charge on any atom is -0.349 e. The number of anilines is 1. The molecule has 0 unspecified atom stereocenters. The third-order valence-corrected chi connectivity index (χ3v) is 3.94. The van der Waals surface area contributed by atoms with Gasteiger partial charge in [0.15, 0.2) is 11.6 Å². The molecule has 3 N–H and O–H groups in total. The SMILES string of the molecule is Fc1cccc(Cl)c1CNc1n[nH]c(-c2nc3ccccc3[nH]2)n1. The molecule has 2 heterocycles. The minimum absolute atomic E-state index is 0.183. The minimum atomic E-state index is -0.372. The van der Waals surface area contributed by atoms with E-state index in [4.69, 9.17) is 11.6 Å². The van der Waals surface area contributed by atoms with Gasteiger partial charge < -0.3 is 10.3 Å². The Labute approximate surface area is 141 Å². The number of fused-ring (bicyclic) bond motifs is 1. The van der Waals surface area contributed by atoms with Crippen LogP contribution in [-0.2, 0) is 6.54 Å². The van der Waals surface area contributed by atoms with E-state index in [0.717, 1.165) is 11.0 Å². The lowest BCUT2D eigenvalue weighted by Crippen LogP contribution is -2.04. The standard InChI is InChI=1S/C16H12ClFN6/c17-10-4-3-5-11(18)9(10)8-19-16-22-15(23-24-16)14-20-12-6-1-2-7-13(12)21-14/h1-7H,8H2,(H,20,21)(H2,19,22,23,24). The highest BCUT2D eigenvalue weighted by atomic mass is 35.5. The maximum absolute atomic E-state index is 13.8. The second-order valence-electron chi connectivity index (χ2n) is 5.16. The summed E-state index contributed by atoms with van der Waals surface area (Å²) in [6.45, 7) is 0.183. The van der Waals surface area contributed by atoms with Crippen molar-refractivity contribution < 1.29 is 4.39 Å². The van der Waals surface area contributed by atoms with Gasteiger partial charge in [0.25, 0.3) is 0 Å². The Kier molecular flexibility index (Phi) is 3.62. The number of H-pyrrole nitrogens is 2. The van der Waals surface area contributed by atoms with E-state index in [-0.39, 0.29) is 12.4 Å². The van der Waals surface area contributed by atoms with Gasteiger partial charge in [0, 0.05) is 17.1 Å². The number of para-hydroxylation sites is 2. The van der Waals surface area contributed by atoms with E-state index < -0.39 is 0 Å². The zero-order chi connectivity index (χ0) is 16.5. The van der Waals surface area contributed by atoms with Crippen molar-refractivity contribution in [2.45, 2.75) is 6.54 Å². The molecule has 2 aromatic heterocycles. The van der Waals surface area contributed by atoms with Gasteiger partial charge in [-0.05, 0) is 24.3 Å². The fourth-order valence-electron chi connectivity index (χ4n) is 2.38. The van der Waals surface area contributed by atoms with Crippen LogP contribution in [0.3, 0.4) is 0 Å². The molecule has 2 aromatic carbocycles. The van der Waals surface area contributed by atoms with Crippen molar-refractivity contribution in [2.75, 3.05) is 5.32 Å². The molecule has 0 atom stereocenters. The number of nitrogens with zero attached hydrogens (tertiary/aromatic N) is 3. The number of aromatic amines is 2. The summed E-state index contributed by atoms with van der Waals surface area (Å²) in [6, 6.07) is 12.2. The summed E-state index contributed by atoms with van der Waals surface area (Å²) in [5, 5.41) is 10.2. The molecule has 120 valence electrons. The number of hydrogen-bond acceptors (Lipinski definition) is 4. The van der Waals surface area contributed by atoms with E-state index in [1.54, 1.807) is 12.1 Å². The topological polar surface area (TPSA) is 82.3 Å². The molecule has 24 heavy (non-hydrogen) atoms. The van der Waals surface area contributed by atoms with E-state index in [1.807, 2.05) is 24.3 Å². The molecule has 0 amide bonds. The number of halogens is 2. The van der Waals surface area contributed by atoms with Gasteiger partial charge in [-0.25, -0.2) is 9.37 Å². The third kappa shape index (κ3) is 2.69. The Bertz CT molecular complexity index is 955. The first-order chi connectivity index (χ1) is 11.7. The largest absolute Gasteiger partial charge is 0.349 e. The van der Waals surface area contributed by atoms with Crippen LogP contribution in [0.25, 0.3) is 22.7 Å². The Morgan fingerprint density at radius 3 is 2.75 bits per heavy atom. The molecule has 0 aliphatic carbocycles. The summed E-state index contributed by atoms with van der Waals surface area (Å²) in [5.41, 5.74) is 2.13. The lowest BCUT2D eigenvalue weighted by Gasteiger charge is -2.05. The fourth-order valence-corrected chi connectivity index (χ4v) is 2.61. The van der Waals surface area contributed by atoms with Crippen LogP contribution < -0.4 is 5.32 Å². The maximum atomic E-state index is 13.8. The van der Waals surface area contributed by atoms with E-state index >= 15 is 0 Å². The highest BCUT2D eigenvalue weighted by molar-refractivity contribution is 6.31. The first kappa shape index (κ1) is 14.6. The van der Waals surface area contributed by atoms with Crippen LogP contribution in [-0.4, -0.2) is 25.1 Å². The van der Waals surface area contributed by atoms with Crippen LogP contribution in [0.5, 0.6) is 0 Å². The highest BCUT2D eigenvalue weighted by Gasteiger charge is 2.11.